The molecule has 2 N–H and O–H groups in total. The third-order valence-electron chi connectivity index (χ3n) is 6.01. The topological polar surface area (TPSA) is 52.1 Å². The first-order valence-corrected chi connectivity index (χ1v) is 11.3. The van der Waals surface area contributed by atoms with Gasteiger partial charge >= 0.3 is 0 Å². The Hall–Kier alpha value is -0.900. The van der Waals surface area contributed by atoms with Gasteiger partial charge in [-0.3, -0.25) is 9.89 Å². The lowest BCUT2D eigenvalue weighted by Gasteiger charge is -2.31. The Morgan fingerprint density at radius 1 is 1.17 bits per heavy atom. The Labute approximate surface area is 199 Å². The second kappa shape index (κ2) is 14.2. The first-order valence-electron chi connectivity index (χ1n) is 11.3. The third kappa shape index (κ3) is 8.69. The van der Waals surface area contributed by atoms with Crippen molar-refractivity contribution >= 4 is 29.9 Å². The molecule has 7 heteroatoms. The average molecular weight is 530 g/mol. The molecule has 0 amide bonds. The van der Waals surface area contributed by atoms with Crippen LogP contribution < -0.4 is 10.6 Å². The lowest BCUT2D eigenvalue weighted by Crippen LogP contribution is -2.45. The number of morpholine rings is 1. The maximum atomic E-state index is 5.45. The molecule has 2 aliphatic rings. The number of ether oxygens (including phenoxy) is 1. The Balaban J connectivity index is 0.00000320. The normalized spacial score (nSPS) is 21.8. The van der Waals surface area contributed by atoms with Crippen molar-refractivity contribution in [1.82, 2.24) is 20.4 Å². The maximum Gasteiger partial charge on any atom is 0.191 e. The molecule has 0 aromatic heterocycles. The van der Waals surface area contributed by atoms with Gasteiger partial charge in [-0.05, 0) is 44.7 Å². The lowest BCUT2D eigenvalue weighted by molar-refractivity contribution is 0.0220. The molecule has 1 aromatic carbocycles. The second-order valence-electron chi connectivity index (χ2n) is 8.29. The molecule has 30 heavy (non-hydrogen) atoms. The van der Waals surface area contributed by atoms with Crippen molar-refractivity contribution in [3.05, 3.63) is 35.9 Å². The molecular formula is C23H40IN5O. The molecule has 3 rings (SSSR count). The number of aliphatic imine (C=N–C) groups is 1. The summed E-state index contributed by atoms with van der Waals surface area (Å²) in [6.07, 6.45) is 2.41. The minimum atomic E-state index is 0. The Morgan fingerprint density at radius 2 is 1.93 bits per heavy atom. The van der Waals surface area contributed by atoms with Crippen LogP contribution in [0.25, 0.3) is 0 Å². The van der Waals surface area contributed by atoms with Gasteiger partial charge in [0.2, 0.25) is 0 Å². The van der Waals surface area contributed by atoms with E-state index in [-0.39, 0.29) is 24.0 Å². The smallest absolute Gasteiger partial charge is 0.191 e. The molecule has 6 nitrogen and oxygen atoms in total. The van der Waals surface area contributed by atoms with Crippen molar-refractivity contribution in [2.75, 3.05) is 65.6 Å². The van der Waals surface area contributed by atoms with E-state index >= 15 is 0 Å². The molecule has 0 bridgehead atoms. The van der Waals surface area contributed by atoms with Gasteiger partial charge in [0, 0.05) is 45.3 Å². The van der Waals surface area contributed by atoms with Crippen LogP contribution in [0.2, 0.25) is 0 Å². The quantitative estimate of drug-likeness (QED) is 0.293. The van der Waals surface area contributed by atoms with E-state index in [1.165, 1.54) is 25.1 Å². The molecule has 0 saturated carbocycles. The standard InChI is InChI=1S/C23H39N5O.HI/c1-3-24-23(25-17-20(2)28-13-15-29-16-14-28)26-18-22-10-12-27(19-22)11-9-21-7-5-4-6-8-21;/h4-8,20,22H,3,9-19H2,1-2H3,(H2,24,25,26);1H. The molecule has 2 fully saturated rings. The summed E-state index contributed by atoms with van der Waals surface area (Å²) in [5, 5.41) is 6.99. The maximum absolute atomic E-state index is 5.45. The second-order valence-corrected chi connectivity index (χ2v) is 8.29. The van der Waals surface area contributed by atoms with Gasteiger partial charge in [0.1, 0.15) is 0 Å². The largest absolute Gasteiger partial charge is 0.379 e. The highest BCUT2D eigenvalue weighted by atomic mass is 127. The fourth-order valence-corrected chi connectivity index (χ4v) is 4.15. The summed E-state index contributed by atoms with van der Waals surface area (Å²) in [6, 6.07) is 11.3. The van der Waals surface area contributed by atoms with Crippen LogP contribution in [0.1, 0.15) is 25.8 Å². The molecule has 2 atom stereocenters. The number of guanidine groups is 1. The molecule has 0 aliphatic carbocycles. The fourth-order valence-electron chi connectivity index (χ4n) is 4.15. The first-order chi connectivity index (χ1) is 14.2. The van der Waals surface area contributed by atoms with Gasteiger partial charge in [-0.25, -0.2) is 0 Å². The Morgan fingerprint density at radius 3 is 2.67 bits per heavy atom. The number of likely N-dealkylation sites (tertiary alicyclic amines) is 1. The van der Waals surface area contributed by atoms with Gasteiger partial charge in [0.05, 0.1) is 19.8 Å². The van der Waals surface area contributed by atoms with Gasteiger partial charge in [0.15, 0.2) is 5.96 Å². The molecule has 1 aromatic rings. The van der Waals surface area contributed by atoms with E-state index < -0.39 is 0 Å². The van der Waals surface area contributed by atoms with Crippen molar-refractivity contribution in [2.24, 2.45) is 10.9 Å². The summed E-state index contributed by atoms with van der Waals surface area (Å²) in [6.45, 7) is 14.4. The van der Waals surface area contributed by atoms with Crippen LogP contribution in [0, 0.1) is 5.92 Å². The van der Waals surface area contributed by atoms with Gasteiger partial charge in [0.25, 0.3) is 0 Å². The minimum absolute atomic E-state index is 0. The van der Waals surface area contributed by atoms with Crippen LogP contribution in [-0.4, -0.2) is 87.4 Å². The van der Waals surface area contributed by atoms with E-state index in [2.05, 4.69) is 64.6 Å². The summed E-state index contributed by atoms with van der Waals surface area (Å²) in [7, 11) is 0. The van der Waals surface area contributed by atoms with Crippen molar-refractivity contribution in [3.63, 3.8) is 0 Å². The third-order valence-corrected chi connectivity index (χ3v) is 6.01. The van der Waals surface area contributed by atoms with E-state index in [9.17, 15) is 0 Å². The van der Waals surface area contributed by atoms with Crippen LogP contribution >= 0.6 is 24.0 Å². The SMILES string of the molecule is CCNC(=NCC(C)N1CCOCC1)NCC1CCN(CCc2ccccc2)C1.I. The summed E-state index contributed by atoms with van der Waals surface area (Å²) >= 11 is 0. The zero-order chi connectivity index (χ0) is 20.3. The van der Waals surface area contributed by atoms with Crippen LogP contribution in [0.5, 0.6) is 0 Å². The molecule has 170 valence electrons. The number of benzene rings is 1. The van der Waals surface area contributed by atoms with Gasteiger partial charge < -0.3 is 20.3 Å². The Kier molecular flexibility index (Phi) is 12.0. The number of halogens is 1. The highest BCUT2D eigenvalue weighted by Crippen LogP contribution is 2.16. The van der Waals surface area contributed by atoms with Gasteiger partial charge in [-0.1, -0.05) is 30.3 Å². The number of hydrogen-bond donors (Lipinski definition) is 2. The Bertz CT molecular complexity index is 609. The summed E-state index contributed by atoms with van der Waals surface area (Å²) in [5.41, 5.74) is 1.44. The first kappa shape index (κ1) is 25.4. The highest BCUT2D eigenvalue weighted by molar-refractivity contribution is 14.0. The minimum Gasteiger partial charge on any atom is -0.379 e. The number of nitrogens with one attached hydrogen (secondary N) is 2. The molecule has 2 heterocycles. The molecule has 2 saturated heterocycles. The van der Waals surface area contributed by atoms with E-state index in [1.807, 2.05) is 0 Å². The van der Waals surface area contributed by atoms with Crippen LogP contribution in [0.15, 0.2) is 35.3 Å². The molecule has 2 unspecified atom stereocenters. The molecule has 0 spiro atoms. The zero-order valence-corrected chi connectivity index (χ0v) is 21.0. The lowest BCUT2D eigenvalue weighted by atomic mass is 10.1. The fraction of sp³-hybridized carbons (Fsp3) is 0.696. The van der Waals surface area contributed by atoms with Crippen LogP contribution in [0.3, 0.4) is 0 Å². The molecule has 2 aliphatic heterocycles. The van der Waals surface area contributed by atoms with Crippen LogP contribution in [-0.2, 0) is 11.2 Å². The van der Waals surface area contributed by atoms with Crippen molar-refractivity contribution in [1.29, 1.82) is 0 Å². The number of nitrogens with zero attached hydrogens (tertiary/aromatic N) is 3. The van der Waals surface area contributed by atoms with Gasteiger partial charge in [-0.2, -0.15) is 0 Å². The number of rotatable bonds is 9. The van der Waals surface area contributed by atoms with E-state index in [0.29, 0.717) is 12.0 Å². The highest BCUT2D eigenvalue weighted by Gasteiger charge is 2.22. The van der Waals surface area contributed by atoms with Crippen molar-refractivity contribution in [2.45, 2.75) is 32.7 Å². The summed E-state index contributed by atoms with van der Waals surface area (Å²) in [4.78, 5) is 9.91. The summed E-state index contributed by atoms with van der Waals surface area (Å²) in [5.74, 6) is 1.65. The zero-order valence-electron chi connectivity index (χ0n) is 18.7. The molecular weight excluding hydrogens is 489 g/mol. The summed E-state index contributed by atoms with van der Waals surface area (Å²) < 4.78 is 5.45. The monoisotopic (exact) mass is 529 g/mol. The van der Waals surface area contributed by atoms with E-state index in [0.717, 1.165) is 64.9 Å². The molecule has 0 radical (unpaired) electrons. The predicted octanol–water partition coefficient (Wildman–Crippen LogP) is 2.44. The van der Waals surface area contributed by atoms with E-state index in [4.69, 9.17) is 9.73 Å². The van der Waals surface area contributed by atoms with Crippen molar-refractivity contribution < 1.29 is 4.74 Å². The van der Waals surface area contributed by atoms with Gasteiger partial charge in [-0.15, -0.1) is 24.0 Å². The number of hydrogen-bond acceptors (Lipinski definition) is 4. The van der Waals surface area contributed by atoms with Crippen molar-refractivity contribution in [3.8, 4) is 0 Å². The van der Waals surface area contributed by atoms with E-state index in [1.54, 1.807) is 0 Å². The van der Waals surface area contributed by atoms with Crippen LogP contribution in [0.4, 0.5) is 0 Å². The predicted molar refractivity (Wildman–Crippen MR) is 136 cm³/mol. The average Bonchev–Trinajstić information content (AvgIpc) is 3.23.